The van der Waals surface area contributed by atoms with Crippen molar-refractivity contribution in [2.24, 2.45) is 0 Å². The number of hydrogen-bond acceptors (Lipinski definition) is 8. The summed E-state index contributed by atoms with van der Waals surface area (Å²) in [5.74, 6) is 3.79. The third kappa shape index (κ3) is 6.11. The Bertz CT molecular complexity index is 1510. The van der Waals surface area contributed by atoms with Crippen molar-refractivity contribution in [2.45, 2.75) is 76.2 Å². The number of aliphatic hydroxyl groups excluding tert-OH is 1. The quantitative estimate of drug-likeness (QED) is 0.189. The van der Waals surface area contributed by atoms with E-state index in [9.17, 15) is 5.11 Å². The molecule has 1 fully saturated rings. The number of imidazole rings is 1. The number of rotatable bonds is 11. The molecule has 0 radical (unpaired) electrons. The van der Waals surface area contributed by atoms with Crippen LogP contribution in [0.1, 0.15) is 38.1 Å². The van der Waals surface area contributed by atoms with Gasteiger partial charge in [-0.3, -0.25) is 4.57 Å². The topological polar surface area (TPSA) is 118 Å². The van der Waals surface area contributed by atoms with Crippen molar-refractivity contribution in [3.8, 4) is 11.5 Å². The summed E-state index contributed by atoms with van der Waals surface area (Å²) in [6, 6.07) is 22.9. The summed E-state index contributed by atoms with van der Waals surface area (Å²) in [5.41, 5.74) is 11.4. The van der Waals surface area contributed by atoms with Crippen LogP contribution in [0.5, 0.6) is 0 Å². The Morgan fingerprint density at radius 3 is 2.24 bits per heavy atom. The number of aliphatic hydroxyl groups is 1. The third-order valence-corrected chi connectivity index (χ3v) is 13.0. The van der Waals surface area contributed by atoms with Gasteiger partial charge in [0.15, 0.2) is 23.3 Å². The molecular weight excluding hydrogens is 546 g/mol. The van der Waals surface area contributed by atoms with E-state index >= 15 is 0 Å². The van der Waals surface area contributed by atoms with Crippen LogP contribution in [0.4, 0.5) is 5.82 Å². The highest BCUT2D eigenvalue weighted by Gasteiger charge is 2.56. The number of ether oxygens (including phenoxy) is 3. The van der Waals surface area contributed by atoms with Crippen molar-refractivity contribution in [1.29, 1.82) is 0 Å². The number of fused-ring (bicyclic) bond motifs is 1. The number of nitrogens with zero attached hydrogens (tertiary/aromatic N) is 4. The summed E-state index contributed by atoms with van der Waals surface area (Å²) in [4.78, 5) is 12.9. The van der Waals surface area contributed by atoms with E-state index in [1.165, 1.54) is 6.33 Å². The van der Waals surface area contributed by atoms with E-state index in [0.29, 0.717) is 17.8 Å². The lowest BCUT2D eigenvalue weighted by molar-refractivity contribution is -0.123. The minimum absolute atomic E-state index is 0.104. The Kier molecular flexibility index (Phi) is 9.36. The van der Waals surface area contributed by atoms with Crippen molar-refractivity contribution in [3.05, 3.63) is 84.4 Å². The molecule has 4 atom stereocenters. The summed E-state index contributed by atoms with van der Waals surface area (Å²) in [5, 5.41) is 11.9. The highest BCUT2D eigenvalue weighted by atomic mass is 28.3. The van der Waals surface area contributed by atoms with Gasteiger partial charge in [0.25, 0.3) is 0 Å². The monoisotopic (exact) mass is 585 g/mol. The first-order chi connectivity index (χ1) is 20.4. The third-order valence-electron chi connectivity index (χ3n) is 8.32. The molecule has 220 valence electrons. The molecule has 9 nitrogen and oxygen atoms in total. The smallest absolute Gasteiger partial charge is 0.182 e. The molecule has 0 aliphatic carbocycles. The summed E-state index contributed by atoms with van der Waals surface area (Å²) in [7, 11) is -1.90. The first-order valence-electron chi connectivity index (χ1n) is 14.5. The Labute approximate surface area is 248 Å². The lowest BCUT2D eigenvalue weighted by atomic mass is 9.96. The van der Waals surface area contributed by atoms with Gasteiger partial charge >= 0.3 is 0 Å². The molecule has 3 N–H and O–H groups in total. The average Bonchev–Trinajstić information content (AvgIpc) is 3.58. The lowest BCUT2D eigenvalue weighted by Crippen LogP contribution is -2.48. The van der Waals surface area contributed by atoms with Gasteiger partial charge in [-0.1, -0.05) is 87.4 Å². The van der Waals surface area contributed by atoms with E-state index < -0.39 is 32.1 Å². The minimum atomic E-state index is -1.90. The maximum atomic E-state index is 11.9. The Morgan fingerprint density at radius 1 is 0.952 bits per heavy atom. The second-order valence-electron chi connectivity index (χ2n) is 10.8. The molecule has 4 aromatic rings. The zero-order valence-electron chi connectivity index (χ0n) is 24.4. The van der Waals surface area contributed by atoms with Crippen LogP contribution in [-0.2, 0) is 27.4 Å². The molecule has 0 amide bonds. The Balaban J connectivity index is 1.56. The summed E-state index contributed by atoms with van der Waals surface area (Å²) < 4.78 is 21.3. The second-order valence-corrected chi connectivity index (χ2v) is 15.7. The zero-order chi connectivity index (χ0) is 29.6. The molecule has 3 heterocycles. The van der Waals surface area contributed by atoms with Gasteiger partial charge in [0.2, 0.25) is 0 Å². The minimum Gasteiger partial charge on any atom is -0.386 e. The maximum absolute atomic E-state index is 11.9. The number of nitrogen functional groups attached to an aromatic ring is 1. The first-order valence-corrected chi connectivity index (χ1v) is 17.2. The van der Waals surface area contributed by atoms with Crippen molar-refractivity contribution < 1.29 is 19.3 Å². The fourth-order valence-electron chi connectivity index (χ4n) is 5.45. The van der Waals surface area contributed by atoms with Crippen LogP contribution < -0.4 is 5.73 Å². The van der Waals surface area contributed by atoms with Crippen molar-refractivity contribution in [3.63, 3.8) is 0 Å². The largest absolute Gasteiger partial charge is 0.386 e. The number of nitrogens with two attached hydrogens (primary N) is 1. The van der Waals surface area contributed by atoms with Gasteiger partial charge in [-0.25, -0.2) is 15.0 Å². The molecule has 1 saturated heterocycles. The lowest BCUT2D eigenvalue weighted by Gasteiger charge is -2.31. The van der Waals surface area contributed by atoms with Crippen molar-refractivity contribution in [1.82, 2.24) is 19.5 Å². The molecule has 42 heavy (non-hydrogen) atoms. The van der Waals surface area contributed by atoms with Crippen LogP contribution in [0.25, 0.3) is 11.2 Å². The molecule has 2 aromatic heterocycles. The van der Waals surface area contributed by atoms with Gasteiger partial charge < -0.3 is 25.1 Å². The molecule has 0 bridgehead atoms. The standard InChI is InChI=1S/C32H39N5O4Si/c1-4-42(5-2,6-3)18-17-32(21-39-19-24-13-9-7-10-14-24)28(40-20-25-15-11-8-12-16-25)27(38)31(41-32)37-23-36-26-29(33)34-22-35-30(26)37/h7-16,22-23,27-28,31,38H,4-6,19-21H2,1-3H3,(H2,33,34,35)/t27-,28+,31-,32-/m1/s1. The van der Waals surface area contributed by atoms with E-state index in [4.69, 9.17) is 19.9 Å². The fraction of sp³-hybridized carbons (Fsp3) is 0.406. The molecule has 1 aliphatic rings. The van der Waals surface area contributed by atoms with Gasteiger partial charge in [-0.05, 0) is 29.3 Å². The molecule has 1 aliphatic heterocycles. The van der Waals surface area contributed by atoms with E-state index in [2.05, 4.69) is 47.2 Å². The van der Waals surface area contributed by atoms with Crippen LogP contribution in [0, 0.1) is 11.5 Å². The highest BCUT2D eigenvalue weighted by molar-refractivity contribution is 6.87. The zero-order valence-corrected chi connectivity index (χ0v) is 25.4. The van der Waals surface area contributed by atoms with Crippen LogP contribution >= 0.6 is 0 Å². The summed E-state index contributed by atoms with van der Waals surface area (Å²) in [6.07, 6.45) is 0.133. The molecule has 5 rings (SSSR count). The van der Waals surface area contributed by atoms with Crippen LogP contribution in [-0.4, -0.2) is 57.1 Å². The highest BCUT2D eigenvalue weighted by Crippen LogP contribution is 2.41. The molecular formula is C32H39N5O4Si. The van der Waals surface area contributed by atoms with E-state index in [-0.39, 0.29) is 19.0 Å². The van der Waals surface area contributed by atoms with Crippen LogP contribution in [0.15, 0.2) is 73.3 Å². The summed E-state index contributed by atoms with van der Waals surface area (Å²) >= 11 is 0. The molecule has 0 saturated carbocycles. The number of benzene rings is 2. The molecule has 2 aromatic carbocycles. The SMILES string of the molecule is CC[Si](C#C[C@]1(COCc2ccccc2)O[C@@H](n2cnc3c(N)ncnc32)[C@H](O)[C@@H]1OCc1ccccc1)(CC)CC. The number of hydrogen-bond donors (Lipinski definition) is 2. The van der Waals surface area contributed by atoms with Gasteiger partial charge in [-0.15, -0.1) is 5.54 Å². The first kappa shape index (κ1) is 29.9. The molecule has 0 unspecified atom stereocenters. The summed E-state index contributed by atoms with van der Waals surface area (Å²) in [6.45, 7) is 7.39. The van der Waals surface area contributed by atoms with Crippen LogP contribution in [0.2, 0.25) is 18.1 Å². The molecule has 0 spiro atoms. The van der Waals surface area contributed by atoms with Gasteiger partial charge in [0.1, 0.15) is 32.1 Å². The van der Waals surface area contributed by atoms with Crippen molar-refractivity contribution >= 4 is 25.1 Å². The fourth-order valence-corrected chi connectivity index (χ4v) is 7.96. The maximum Gasteiger partial charge on any atom is 0.182 e. The predicted octanol–water partition coefficient (Wildman–Crippen LogP) is 4.89. The number of anilines is 1. The van der Waals surface area contributed by atoms with Crippen molar-refractivity contribution in [2.75, 3.05) is 12.3 Å². The average molecular weight is 586 g/mol. The van der Waals surface area contributed by atoms with E-state index in [1.807, 2.05) is 60.7 Å². The van der Waals surface area contributed by atoms with E-state index in [0.717, 1.165) is 29.3 Å². The van der Waals surface area contributed by atoms with Gasteiger partial charge in [0.05, 0.1) is 26.1 Å². The van der Waals surface area contributed by atoms with Gasteiger partial charge in [0, 0.05) is 0 Å². The Morgan fingerprint density at radius 2 is 1.60 bits per heavy atom. The van der Waals surface area contributed by atoms with E-state index in [1.54, 1.807) is 10.9 Å². The Hall–Kier alpha value is -3.59. The van der Waals surface area contributed by atoms with Crippen LogP contribution in [0.3, 0.4) is 0 Å². The number of aromatic nitrogens is 4. The normalized spacial score (nSPS) is 22.2. The second kappa shape index (κ2) is 13.1. The molecule has 10 heteroatoms. The predicted molar refractivity (Wildman–Crippen MR) is 165 cm³/mol. The van der Waals surface area contributed by atoms with Gasteiger partial charge in [-0.2, -0.15) is 0 Å².